The van der Waals surface area contributed by atoms with Crippen molar-refractivity contribution >= 4 is 0 Å². The van der Waals surface area contributed by atoms with Crippen LogP contribution in [0.25, 0.3) is 0 Å². The van der Waals surface area contributed by atoms with Crippen LogP contribution in [-0.2, 0) is 12.8 Å². The van der Waals surface area contributed by atoms with Crippen molar-refractivity contribution in [2.75, 3.05) is 6.61 Å². The molecule has 0 saturated carbocycles. The van der Waals surface area contributed by atoms with Crippen LogP contribution in [0.15, 0.2) is 48.5 Å². The summed E-state index contributed by atoms with van der Waals surface area (Å²) in [5.74, 6) is 1.04. The number of rotatable bonds is 7. The van der Waals surface area contributed by atoms with Gasteiger partial charge in [0.1, 0.15) is 5.75 Å². The third kappa shape index (κ3) is 4.12. The number of benzene rings is 2. The molecule has 2 aromatic carbocycles. The zero-order valence-electron chi connectivity index (χ0n) is 12.6. The molecule has 0 aliphatic rings. The molecule has 0 heterocycles. The van der Waals surface area contributed by atoms with Crippen molar-refractivity contribution in [3.63, 3.8) is 0 Å². The van der Waals surface area contributed by atoms with Crippen molar-refractivity contribution in [1.29, 1.82) is 0 Å². The van der Waals surface area contributed by atoms with Crippen LogP contribution in [0.1, 0.15) is 43.4 Å². The van der Waals surface area contributed by atoms with Gasteiger partial charge < -0.3 is 4.74 Å². The van der Waals surface area contributed by atoms with Gasteiger partial charge in [0.2, 0.25) is 0 Å². The fourth-order valence-corrected chi connectivity index (χ4v) is 2.38. The van der Waals surface area contributed by atoms with E-state index in [1.165, 1.54) is 23.1 Å². The molecule has 106 valence electrons. The maximum atomic E-state index is 5.89. The molecule has 0 aliphatic heterocycles. The Morgan fingerprint density at radius 2 is 1.65 bits per heavy atom. The topological polar surface area (TPSA) is 9.23 Å². The lowest BCUT2D eigenvalue weighted by Crippen LogP contribution is -2.01. The second kappa shape index (κ2) is 7.74. The van der Waals surface area contributed by atoms with E-state index in [0.29, 0.717) is 0 Å². The van der Waals surface area contributed by atoms with Gasteiger partial charge in [-0.2, -0.15) is 0 Å². The van der Waals surface area contributed by atoms with E-state index in [9.17, 15) is 0 Å². The van der Waals surface area contributed by atoms with Crippen LogP contribution < -0.4 is 4.74 Å². The van der Waals surface area contributed by atoms with Crippen LogP contribution in [0.2, 0.25) is 0 Å². The maximum absolute atomic E-state index is 5.89. The summed E-state index contributed by atoms with van der Waals surface area (Å²) in [6.07, 6.45) is 4.30. The monoisotopic (exact) mass is 268 g/mol. The largest absolute Gasteiger partial charge is 0.493 e. The molecule has 0 atom stereocenters. The van der Waals surface area contributed by atoms with Gasteiger partial charge in [-0.3, -0.25) is 0 Å². The Morgan fingerprint density at radius 3 is 2.35 bits per heavy atom. The summed E-state index contributed by atoms with van der Waals surface area (Å²) in [6.45, 7) is 5.15. The molecule has 0 unspecified atom stereocenters. The summed E-state index contributed by atoms with van der Waals surface area (Å²) < 4.78 is 5.89. The molecule has 0 amide bonds. The predicted octanol–water partition coefficient (Wildman–Crippen LogP) is 5.02. The average Bonchev–Trinajstić information content (AvgIpc) is 2.48. The van der Waals surface area contributed by atoms with Gasteiger partial charge in [-0.15, -0.1) is 0 Å². The standard InChI is InChI=1S/C19H24O/c1-3-8-16-11-12-19(20-13-4-2)18(14-16)15-17-9-6-5-7-10-17/h5-7,9-12,14H,3-4,8,13,15H2,1-2H3. The smallest absolute Gasteiger partial charge is 0.122 e. The SMILES string of the molecule is CCCOc1ccc(CCC)cc1Cc1ccccc1. The van der Waals surface area contributed by atoms with E-state index in [4.69, 9.17) is 4.74 Å². The van der Waals surface area contributed by atoms with Gasteiger partial charge in [-0.1, -0.05) is 62.7 Å². The van der Waals surface area contributed by atoms with E-state index in [0.717, 1.165) is 31.6 Å². The highest BCUT2D eigenvalue weighted by Gasteiger charge is 2.06. The van der Waals surface area contributed by atoms with Crippen LogP contribution in [0.3, 0.4) is 0 Å². The first-order valence-electron chi connectivity index (χ1n) is 7.62. The lowest BCUT2D eigenvalue weighted by molar-refractivity contribution is 0.314. The third-order valence-electron chi connectivity index (χ3n) is 3.36. The van der Waals surface area contributed by atoms with Crippen LogP contribution >= 0.6 is 0 Å². The lowest BCUT2D eigenvalue weighted by Gasteiger charge is -2.13. The first-order chi connectivity index (χ1) is 9.83. The van der Waals surface area contributed by atoms with Gasteiger partial charge in [0.05, 0.1) is 6.61 Å². The highest BCUT2D eigenvalue weighted by atomic mass is 16.5. The molecule has 0 N–H and O–H groups in total. The van der Waals surface area contributed by atoms with Crippen LogP contribution in [0, 0.1) is 0 Å². The van der Waals surface area contributed by atoms with Crippen molar-refractivity contribution in [2.24, 2.45) is 0 Å². The molecular weight excluding hydrogens is 244 g/mol. The van der Waals surface area contributed by atoms with Gasteiger partial charge in [-0.25, -0.2) is 0 Å². The first-order valence-corrected chi connectivity index (χ1v) is 7.62. The minimum absolute atomic E-state index is 0.787. The summed E-state index contributed by atoms with van der Waals surface area (Å²) in [5, 5.41) is 0. The molecule has 0 fully saturated rings. The van der Waals surface area contributed by atoms with Gasteiger partial charge in [0, 0.05) is 6.42 Å². The molecular formula is C19H24O. The van der Waals surface area contributed by atoms with Crippen molar-refractivity contribution in [2.45, 2.75) is 39.5 Å². The first kappa shape index (κ1) is 14.6. The highest BCUT2D eigenvalue weighted by Crippen LogP contribution is 2.24. The van der Waals surface area contributed by atoms with E-state index in [2.05, 4.69) is 62.4 Å². The normalized spacial score (nSPS) is 10.5. The predicted molar refractivity (Wildman–Crippen MR) is 85.5 cm³/mol. The Hall–Kier alpha value is -1.76. The summed E-state index contributed by atoms with van der Waals surface area (Å²) in [7, 11) is 0. The number of ether oxygens (including phenoxy) is 1. The molecule has 0 saturated heterocycles. The van der Waals surface area contributed by atoms with E-state index in [-0.39, 0.29) is 0 Å². The molecule has 2 aromatic rings. The van der Waals surface area contributed by atoms with E-state index in [1.54, 1.807) is 0 Å². The molecule has 0 aliphatic carbocycles. The quantitative estimate of drug-likeness (QED) is 0.685. The van der Waals surface area contributed by atoms with Crippen molar-refractivity contribution in [1.82, 2.24) is 0 Å². The molecule has 0 bridgehead atoms. The van der Waals surface area contributed by atoms with Crippen molar-refractivity contribution < 1.29 is 4.74 Å². The number of hydrogen-bond donors (Lipinski definition) is 0. The zero-order valence-corrected chi connectivity index (χ0v) is 12.6. The minimum atomic E-state index is 0.787. The molecule has 20 heavy (non-hydrogen) atoms. The molecule has 0 aromatic heterocycles. The van der Waals surface area contributed by atoms with Gasteiger partial charge in [-0.05, 0) is 35.6 Å². The van der Waals surface area contributed by atoms with E-state index >= 15 is 0 Å². The van der Waals surface area contributed by atoms with Crippen molar-refractivity contribution in [3.8, 4) is 5.75 Å². The Balaban J connectivity index is 2.23. The molecule has 0 radical (unpaired) electrons. The van der Waals surface area contributed by atoms with Gasteiger partial charge in [0.15, 0.2) is 0 Å². The second-order valence-corrected chi connectivity index (χ2v) is 5.20. The summed E-state index contributed by atoms with van der Waals surface area (Å²) >= 11 is 0. The Bertz CT molecular complexity index is 517. The fraction of sp³-hybridized carbons (Fsp3) is 0.368. The van der Waals surface area contributed by atoms with Crippen LogP contribution in [0.4, 0.5) is 0 Å². The van der Waals surface area contributed by atoms with E-state index in [1.807, 2.05) is 0 Å². The molecule has 1 heteroatoms. The fourth-order valence-electron chi connectivity index (χ4n) is 2.38. The second-order valence-electron chi connectivity index (χ2n) is 5.20. The Labute approximate surface area is 122 Å². The molecule has 1 nitrogen and oxygen atoms in total. The van der Waals surface area contributed by atoms with Crippen LogP contribution in [-0.4, -0.2) is 6.61 Å². The maximum Gasteiger partial charge on any atom is 0.122 e. The van der Waals surface area contributed by atoms with Gasteiger partial charge in [0.25, 0.3) is 0 Å². The van der Waals surface area contributed by atoms with E-state index < -0.39 is 0 Å². The lowest BCUT2D eigenvalue weighted by atomic mass is 10.00. The Morgan fingerprint density at radius 1 is 0.850 bits per heavy atom. The number of aryl methyl sites for hydroxylation is 1. The summed E-state index contributed by atoms with van der Waals surface area (Å²) in [6, 6.07) is 17.2. The summed E-state index contributed by atoms with van der Waals surface area (Å²) in [5.41, 5.74) is 4.04. The summed E-state index contributed by atoms with van der Waals surface area (Å²) in [4.78, 5) is 0. The zero-order chi connectivity index (χ0) is 14.2. The van der Waals surface area contributed by atoms with Crippen LogP contribution in [0.5, 0.6) is 5.75 Å². The van der Waals surface area contributed by atoms with Crippen molar-refractivity contribution in [3.05, 3.63) is 65.2 Å². The van der Waals surface area contributed by atoms with Gasteiger partial charge >= 0.3 is 0 Å². The molecule has 2 rings (SSSR count). The molecule has 0 spiro atoms. The third-order valence-corrected chi connectivity index (χ3v) is 3.36. The highest BCUT2D eigenvalue weighted by molar-refractivity contribution is 5.40. The minimum Gasteiger partial charge on any atom is -0.493 e. The Kier molecular flexibility index (Phi) is 5.67. The number of hydrogen-bond acceptors (Lipinski definition) is 1. The average molecular weight is 268 g/mol.